The lowest BCUT2D eigenvalue weighted by molar-refractivity contribution is -0.137. The fourth-order valence-corrected chi connectivity index (χ4v) is 2.90. The number of nitrogens with zero attached hydrogens (tertiary/aromatic N) is 1. The van der Waals surface area contributed by atoms with Gasteiger partial charge in [-0.25, -0.2) is 4.99 Å². The number of aliphatic carboxylic acids is 1. The smallest absolute Gasteiger partial charge is 0.322 e. The van der Waals surface area contributed by atoms with Crippen molar-refractivity contribution in [2.45, 2.75) is 18.6 Å². The number of amidine groups is 1. The Morgan fingerprint density at radius 3 is 2.71 bits per heavy atom. The number of thioether (sulfide) groups is 1. The number of carbonyl (C=O) groups excluding carboxylic acids is 2. The van der Waals surface area contributed by atoms with Crippen molar-refractivity contribution in [3.05, 3.63) is 24.3 Å². The van der Waals surface area contributed by atoms with E-state index in [-0.39, 0.29) is 12.3 Å². The SMILES string of the molecule is CCOc1ccc(N=C2NC(=O)C(CC(=O)NCC(=O)O)S2)cc1. The molecule has 1 fully saturated rings. The van der Waals surface area contributed by atoms with E-state index < -0.39 is 23.7 Å². The Kier molecular flexibility index (Phi) is 6.19. The molecule has 0 aliphatic carbocycles. The lowest BCUT2D eigenvalue weighted by atomic mass is 10.2. The molecule has 1 aromatic rings. The number of carbonyl (C=O) groups is 3. The molecule has 0 aromatic heterocycles. The van der Waals surface area contributed by atoms with Crippen LogP contribution in [0.1, 0.15) is 13.3 Å². The van der Waals surface area contributed by atoms with E-state index in [9.17, 15) is 14.4 Å². The van der Waals surface area contributed by atoms with Gasteiger partial charge >= 0.3 is 5.97 Å². The lowest BCUT2D eigenvalue weighted by Gasteiger charge is -2.05. The minimum Gasteiger partial charge on any atom is -0.494 e. The molecule has 2 amide bonds. The molecular formula is C15H17N3O5S. The third-order valence-corrected chi connectivity index (χ3v) is 4.04. The van der Waals surface area contributed by atoms with Crippen LogP contribution in [0.3, 0.4) is 0 Å². The van der Waals surface area contributed by atoms with Crippen LogP contribution >= 0.6 is 11.8 Å². The highest BCUT2D eigenvalue weighted by molar-refractivity contribution is 8.15. The second-order valence-electron chi connectivity index (χ2n) is 4.81. The lowest BCUT2D eigenvalue weighted by Crippen LogP contribution is -2.33. The van der Waals surface area contributed by atoms with Gasteiger partial charge in [-0.15, -0.1) is 0 Å². The predicted molar refractivity (Wildman–Crippen MR) is 89.5 cm³/mol. The summed E-state index contributed by atoms with van der Waals surface area (Å²) in [5.41, 5.74) is 0.650. The van der Waals surface area contributed by atoms with Gasteiger partial charge in [0.1, 0.15) is 17.5 Å². The van der Waals surface area contributed by atoms with E-state index in [4.69, 9.17) is 9.84 Å². The number of hydrogen-bond acceptors (Lipinski definition) is 6. The molecule has 1 aromatic carbocycles. The van der Waals surface area contributed by atoms with E-state index in [2.05, 4.69) is 15.6 Å². The van der Waals surface area contributed by atoms with Crippen molar-refractivity contribution in [2.24, 2.45) is 4.99 Å². The quantitative estimate of drug-likeness (QED) is 0.672. The van der Waals surface area contributed by atoms with Gasteiger partial charge in [0.2, 0.25) is 11.8 Å². The number of rotatable bonds is 7. The monoisotopic (exact) mass is 351 g/mol. The van der Waals surface area contributed by atoms with Gasteiger partial charge in [-0.2, -0.15) is 0 Å². The summed E-state index contributed by atoms with van der Waals surface area (Å²) < 4.78 is 5.34. The maximum absolute atomic E-state index is 11.9. The number of nitrogens with one attached hydrogen (secondary N) is 2. The number of aliphatic imine (C=N–C) groups is 1. The Balaban J connectivity index is 1.93. The van der Waals surface area contributed by atoms with Gasteiger partial charge in [0.05, 0.1) is 12.3 Å². The predicted octanol–water partition coefficient (Wildman–Crippen LogP) is 0.895. The van der Waals surface area contributed by atoms with E-state index in [1.807, 2.05) is 6.92 Å². The first-order valence-corrected chi connectivity index (χ1v) is 8.13. The van der Waals surface area contributed by atoms with Crippen LogP contribution in [0.2, 0.25) is 0 Å². The van der Waals surface area contributed by atoms with Gasteiger partial charge in [0, 0.05) is 6.42 Å². The molecule has 1 heterocycles. The molecule has 2 rings (SSSR count). The molecule has 1 aliphatic heterocycles. The van der Waals surface area contributed by atoms with Gasteiger partial charge < -0.3 is 20.5 Å². The number of ether oxygens (including phenoxy) is 1. The molecule has 0 saturated carbocycles. The molecule has 1 aliphatic rings. The highest BCUT2D eigenvalue weighted by Gasteiger charge is 2.32. The van der Waals surface area contributed by atoms with Crippen LogP contribution < -0.4 is 15.4 Å². The summed E-state index contributed by atoms with van der Waals surface area (Å²) in [6.07, 6.45) is -0.105. The van der Waals surface area contributed by atoms with Gasteiger partial charge in [-0.05, 0) is 31.2 Å². The van der Waals surface area contributed by atoms with E-state index in [1.54, 1.807) is 24.3 Å². The molecule has 0 radical (unpaired) electrons. The highest BCUT2D eigenvalue weighted by atomic mass is 32.2. The molecule has 1 atom stereocenters. The third kappa shape index (κ3) is 5.27. The number of benzene rings is 1. The molecule has 8 nitrogen and oxygen atoms in total. The standard InChI is InChI=1S/C15H17N3O5S/c1-2-23-10-5-3-9(4-6-10)17-15-18-14(22)11(24-15)7-12(19)16-8-13(20)21/h3-6,11H,2,7-8H2,1H3,(H,16,19)(H,20,21)(H,17,18,22). The summed E-state index contributed by atoms with van der Waals surface area (Å²) in [5, 5.41) is 13.1. The highest BCUT2D eigenvalue weighted by Crippen LogP contribution is 2.26. The number of carboxylic acid groups (broad SMARTS) is 1. The minimum atomic E-state index is -1.13. The topological polar surface area (TPSA) is 117 Å². The first-order chi connectivity index (χ1) is 11.5. The average Bonchev–Trinajstić information content (AvgIpc) is 2.87. The van der Waals surface area contributed by atoms with E-state index >= 15 is 0 Å². The van der Waals surface area contributed by atoms with Crippen LogP contribution in [0.25, 0.3) is 0 Å². The fraction of sp³-hybridized carbons (Fsp3) is 0.333. The Bertz CT molecular complexity index is 660. The van der Waals surface area contributed by atoms with Gasteiger partial charge in [-0.3, -0.25) is 14.4 Å². The van der Waals surface area contributed by atoms with Crippen molar-refractivity contribution in [1.29, 1.82) is 0 Å². The largest absolute Gasteiger partial charge is 0.494 e. The summed E-state index contributed by atoms with van der Waals surface area (Å²) in [7, 11) is 0. The van der Waals surface area contributed by atoms with E-state index in [0.717, 1.165) is 17.5 Å². The maximum Gasteiger partial charge on any atom is 0.322 e. The molecule has 0 bridgehead atoms. The van der Waals surface area contributed by atoms with Gasteiger partial charge in [0.15, 0.2) is 5.17 Å². The summed E-state index contributed by atoms with van der Waals surface area (Å²) in [5.74, 6) is -1.22. The van der Waals surface area contributed by atoms with Crippen LogP contribution in [0, 0.1) is 0 Å². The molecule has 0 spiro atoms. The molecule has 24 heavy (non-hydrogen) atoms. The Hall–Kier alpha value is -2.55. The summed E-state index contributed by atoms with van der Waals surface area (Å²) >= 11 is 1.14. The molecular weight excluding hydrogens is 334 g/mol. The van der Waals surface area contributed by atoms with Crippen LogP contribution in [0.5, 0.6) is 5.75 Å². The Morgan fingerprint density at radius 1 is 1.38 bits per heavy atom. The van der Waals surface area contributed by atoms with Crippen molar-refractivity contribution >= 4 is 40.4 Å². The Labute approximate surface area is 142 Å². The number of amides is 2. The van der Waals surface area contributed by atoms with E-state index in [0.29, 0.717) is 17.5 Å². The second-order valence-corrected chi connectivity index (χ2v) is 6.01. The summed E-state index contributed by atoms with van der Waals surface area (Å²) in [6.45, 7) is 2.00. The van der Waals surface area contributed by atoms with Crippen molar-refractivity contribution in [3.8, 4) is 5.75 Å². The fourth-order valence-electron chi connectivity index (χ4n) is 1.91. The van der Waals surface area contributed by atoms with E-state index in [1.165, 1.54) is 0 Å². The zero-order valence-corrected chi connectivity index (χ0v) is 13.8. The van der Waals surface area contributed by atoms with Crippen molar-refractivity contribution in [3.63, 3.8) is 0 Å². The van der Waals surface area contributed by atoms with Crippen molar-refractivity contribution < 1.29 is 24.2 Å². The Morgan fingerprint density at radius 2 is 2.08 bits per heavy atom. The van der Waals surface area contributed by atoms with Crippen molar-refractivity contribution in [2.75, 3.05) is 13.2 Å². The first kappa shape index (κ1) is 17.8. The molecule has 1 saturated heterocycles. The van der Waals surface area contributed by atoms with Crippen LogP contribution in [0.4, 0.5) is 5.69 Å². The average molecular weight is 351 g/mol. The second kappa shape index (κ2) is 8.34. The molecule has 128 valence electrons. The molecule has 3 N–H and O–H groups in total. The van der Waals surface area contributed by atoms with Gasteiger partial charge in [-0.1, -0.05) is 11.8 Å². The third-order valence-electron chi connectivity index (χ3n) is 2.96. The van der Waals surface area contributed by atoms with Crippen molar-refractivity contribution in [1.82, 2.24) is 10.6 Å². The van der Waals surface area contributed by atoms with Crippen LogP contribution in [-0.4, -0.2) is 46.5 Å². The minimum absolute atomic E-state index is 0.105. The summed E-state index contributed by atoms with van der Waals surface area (Å²) in [6, 6.07) is 7.08. The molecule has 1 unspecified atom stereocenters. The number of carboxylic acids is 1. The van der Waals surface area contributed by atoms with Crippen LogP contribution in [0.15, 0.2) is 29.3 Å². The van der Waals surface area contributed by atoms with Gasteiger partial charge in [0.25, 0.3) is 0 Å². The maximum atomic E-state index is 11.9. The molecule has 9 heteroatoms. The normalized spacial score (nSPS) is 18.3. The number of hydrogen-bond donors (Lipinski definition) is 3. The van der Waals surface area contributed by atoms with Crippen LogP contribution in [-0.2, 0) is 14.4 Å². The summed E-state index contributed by atoms with van der Waals surface area (Å²) in [4.78, 5) is 38.2. The first-order valence-electron chi connectivity index (χ1n) is 7.25. The zero-order valence-electron chi connectivity index (χ0n) is 12.9. The zero-order chi connectivity index (χ0) is 17.5.